The summed E-state index contributed by atoms with van der Waals surface area (Å²) in [5.41, 5.74) is 0.923. The SMILES string of the molecule is C=CC(=O)OCc1ccc2c(c1)O2. The zero-order valence-corrected chi connectivity index (χ0v) is 6.95. The van der Waals surface area contributed by atoms with Crippen LogP contribution in [0.3, 0.4) is 0 Å². The standard InChI is InChI=1S/C10H8O3/c1-2-10(11)12-6-7-3-4-8-9(5-7)13-8/h2-5H,1,6H2. The molecule has 1 heterocycles. The van der Waals surface area contributed by atoms with Crippen molar-refractivity contribution in [3.63, 3.8) is 0 Å². The lowest BCUT2D eigenvalue weighted by molar-refractivity contribution is -0.138. The topological polar surface area (TPSA) is 38.8 Å². The molecule has 1 aromatic rings. The van der Waals surface area contributed by atoms with Gasteiger partial charge in [-0.3, -0.25) is 0 Å². The number of carbonyl (C=O) groups is 1. The molecule has 0 unspecified atom stereocenters. The molecule has 0 saturated heterocycles. The molecule has 0 radical (unpaired) electrons. The van der Waals surface area contributed by atoms with Crippen molar-refractivity contribution in [3.05, 3.63) is 36.4 Å². The molecule has 0 spiro atoms. The van der Waals surface area contributed by atoms with Gasteiger partial charge in [0, 0.05) is 6.08 Å². The van der Waals surface area contributed by atoms with Crippen LogP contribution in [0, 0.1) is 0 Å². The Morgan fingerprint density at radius 2 is 2.38 bits per heavy atom. The first kappa shape index (κ1) is 7.86. The zero-order valence-electron chi connectivity index (χ0n) is 6.95. The minimum atomic E-state index is -0.411. The van der Waals surface area contributed by atoms with Gasteiger partial charge in [0.15, 0.2) is 11.5 Å². The summed E-state index contributed by atoms with van der Waals surface area (Å²) >= 11 is 0. The molecule has 3 nitrogen and oxygen atoms in total. The molecule has 1 aliphatic heterocycles. The molecule has 0 aliphatic carbocycles. The van der Waals surface area contributed by atoms with E-state index in [0.29, 0.717) is 0 Å². The Labute approximate surface area is 75.6 Å². The van der Waals surface area contributed by atoms with Crippen LogP contribution in [-0.4, -0.2) is 5.97 Å². The second-order valence-electron chi connectivity index (χ2n) is 2.69. The highest BCUT2D eigenvalue weighted by atomic mass is 16.6. The fourth-order valence-electron chi connectivity index (χ4n) is 1.01. The molecule has 0 saturated carbocycles. The molecular weight excluding hydrogens is 168 g/mol. The number of fused-ring (bicyclic) bond motifs is 1. The van der Waals surface area contributed by atoms with Crippen molar-refractivity contribution in [2.45, 2.75) is 6.61 Å². The Morgan fingerprint density at radius 3 is 3.08 bits per heavy atom. The molecule has 66 valence electrons. The van der Waals surface area contributed by atoms with Gasteiger partial charge in [0.2, 0.25) is 0 Å². The van der Waals surface area contributed by atoms with Crippen molar-refractivity contribution >= 4 is 5.97 Å². The van der Waals surface area contributed by atoms with Crippen LogP contribution in [0.15, 0.2) is 30.9 Å². The van der Waals surface area contributed by atoms with E-state index in [1.54, 1.807) is 0 Å². The molecule has 0 bridgehead atoms. The van der Waals surface area contributed by atoms with Crippen molar-refractivity contribution in [2.24, 2.45) is 0 Å². The largest absolute Gasteiger partial charge is 0.458 e. The second-order valence-corrected chi connectivity index (χ2v) is 2.69. The van der Waals surface area contributed by atoms with Gasteiger partial charge in [0.05, 0.1) is 0 Å². The second kappa shape index (κ2) is 2.94. The van der Waals surface area contributed by atoms with Gasteiger partial charge in [-0.05, 0) is 17.7 Å². The van der Waals surface area contributed by atoms with Crippen molar-refractivity contribution < 1.29 is 14.3 Å². The Bertz CT molecular complexity index is 368. The van der Waals surface area contributed by atoms with Gasteiger partial charge in [0.25, 0.3) is 0 Å². The lowest BCUT2D eigenvalue weighted by atomic mass is 10.2. The highest BCUT2D eigenvalue weighted by molar-refractivity contribution is 5.81. The third-order valence-corrected chi connectivity index (χ3v) is 1.73. The maximum Gasteiger partial charge on any atom is 0.330 e. The molecule has 3 heteroatoms. The molecule has 0 N–H and O–H groups in total. The predicted octanol–water partition coefficient (Wildman–Crippen LogP) is 2.02. The summed E-state index contributed by atoms with van der Waals surface area (Å²) in [6.45, 7) is 3.57. The number of hydrogen-bond acceptors (Lipinski definition) is 3. The van der Waals surface area contributed by atoms with Crippen LogP contribution < -0.4 is 4.74 Å². The van der Waals surface area contributed by atoms with Gasteiger partial charge >= 0.3 is 5.97 Å². The van der Waals surface area contributed by atoms with Gasteiger partial charge in [-0.25, -0.2) is 4.79 Å². The highest BCUT2D eigenvalue weighted by Crippen LogP contribution is 2.45. The molecule has 0 fully saturated rings. The Kier molecular flexibility index (Phi) is 1.77. The lowest BCUT2D eigenvalue weighted by Crippen LogP contribution is -1.99. The smallest absolute Gasteiger partial charge is 0.330 e. The number of carbonyl (C=O) groups excluding carboxylic acids is 1. The van der Waals surface area contributed by atoms with Crippen LogP contribution in [0.5, 0.6) is 11.5 Å². The summed E-state index contributed by atoms with van der Waals surface area (Å²) in [5, 5.41) is 0. The van der Waals surface area contributed by atoms with Crippen molar-refractivity contribution in [3.8, 4) is 11.5 Å². The first-order valence-corrected chi connectivity index (χ1v) is 3.89. The number of esters is 1. The maximum atomic E-state index is 10.7. The van der Waals surface area contributed by atoms with E-state index in [9.17, 15) is 4.79 Å². The molecule has 1 aliphatic rings. The van der Waals surface area contributed by atoms with Crippen LogP contribution in [-0.2, 0) is 16.1 Å². The van der Waals surface area contributed by atoms with E-state index < -0.39 is 5.97 Å². The molecule has 0 amide bonds. The lowest BCUT2D eigenvalue weighted by Gasteiger charge is -1.99. The summed E-state index contributed by atoms with van der Waals surface area (Å²) < 4.78 is 9.89. The summed E-state index contributed by atoms with van der Waals surface area (Å²) in [5.74, 6) is 1.36. The summed E-state index contributed by atoms with van der Waals surface area (Å²) in [4.78, 5) is 10.7. The van der Waals surface area contributed by atoms with E-state index in [-0.39, 0.29) is 6.61 Å². The third kappa shape index (κ3) is 1.69. The zero-order chi connectivity index (χ0) is 9.26. The normalized spacial score (nSPS) is 11.1. The average molecular weight is 176 g/mol. The maximum absolute atomic E-state index is 10.7. The number of hydrogen-bond donors (Lipinski definition) is 0. The average Bonchev–Trinajstić information content (AvgIpc) is 2.91. The van der Waals surface area contributed by atoms with Crippen LogP contribution >= 0.6 is 0 Å². The van der Waals surface area contributed by atoms with Gasteiger partial charge in [-0.2, -0.15) is 0 Å². The number of benzene rings is 1. The molecule has 2 rings (SSSR count). The van der Waals surface area contributed by atoms with E-state index in [1.807, 2.05) is 18.2 Å². The first-order valence-electron chi connectivity index (χ1n) is 3.89. The van der Waals surface area contributed by atoms with Gasteiger partial charge < -0.3 is 9.47 Å². The van der Waals surface area contributed by atoms with E-state index >= 15 is 0 Å². The van der Waals surface area contributed by atoms with Gasteiger partial charge in [-0.15, -0.1) is 0 Å². The fourth-order valence-corrected chi connectivity index (χ4v) is 1.01. The van der Waals surface area contributed by atoms with Gasteiger partial charge in [-0.1, -0.05) is 12.6 Å². The minimum Gasteiger partial charge on any atom is -0.458 e. The highest BCUT2D eigenvalue weighted by Gasteiger charge is 2.19. The van der Waals surface area contributed by atoms with E-state index in [1.165, 1.54) is 0 Å². The van der Waals surface area contributed by atoms with Crippen molar-refractivity contribution in [1.82, 2.24) is 0 Å². The monoisotopic (exact) mass is 176 g/mol. The molecule has 13 heavy (non-hydrogen) atoms. The van der Waals surface area contributed by atoms with E-state index in [0.717, 1.165) is 23.1 Å². The Balaban J connectivity index is 1.96. The van der Waals surface area contributed by atoms with Crippen LogP contribution in [0.1, 0.15) is 5.56 Å². The quantitative estimate of drug-likeness (QED) is 0.408. The summed E-state index contributed by atoms with van der Waals surface area (Å²) in [7, 11) is 0. The first-order chi connectivity index (χ1) is 6.29. The van der Waals surface area contributed by atoms with Crippen molar-refractivity contribution in [1.29, 1.82) is 0 Å². The molecule has 0 aromatic heterocycles. The third-order valence-electron chi connectivity index (χ3n) is 1.73. The Hall–Kier alpha value is -1.77. The van der Waals surface area contributed by atoms with Crippen LogP contribution in [0.25, 0.3) is 0 Å². The Morgan fingerprint density at radius 1 is 1.54 bits per heavy atom. The van der Waals surface area contributed by atoms with Crippen LogP contribution in [0.2, 0.25) is 0 Å². The number of ether oxygens (including phenoxy) is 2. The molecule has 1 aromatic carbocycles. The number of rotatable bonds is 3. The molecule has 0 atom stereocenters. The van der Waals surface area contributed by atoms with Crippen molar-refractivity contribution in [2.75, 3.05) is 0 Å². The van der Waals surface area contributed by atoms with E-state index in [4.69, 9.17) is 9.47 Å². The minimum absolute atomic E-state index is 0.265. The fraction of sp³-hybridized carbons (Fsp3) is 0.100. The predicted molar refractivity (Wildman–Crippen MR) is 46.5 cm³/mol. The van der Waals surface area contributed by atoms with Crippen LogP contribution in [0.4, 0.5) is 0 Å². The molecular formula is C10H8O3. The van der Waals surface area contributed by atoms with Gasteiger partial charge in [0.1, 0.15) is 6.61 Å². The summed E-state index contributed by atoms with van der Waals surface area (Å²) in [6, 6.07) is 5.57. The summed E-state index contributed by atoms with van der Waals surface area (Å²) in [6.07, 6.45) is 1.14. The van der Waals surface area contributed by atoms with E-state index in [2.05, 4.69) is 6.58 Å².